The van der Waals surface area contributed by atoms with E-state index in [4.69, 9.17) is 0 Å². The average molecular weight is 255 g/mol. The smallest absolute Gasteiger partial charge is 0.548 e. The van der Waals surface area contributed by atoms with Crippen LogP contribution in [0.1, 0.15) is 39.0 Å². The Balaban J connectivity index is -0.00000128. The normalized spacial score (nSPS) is 9.53. The summed E-state index contributed by atoms with van der Waals surface area (Å²) in [5.41, 5.74) is 0. The molecule has 0 aliphatic rings. The van der Waals surface area contributed by atoms with Gasteiger partial charge < -0.3 is 24.7 Å². The number of hydrogen-bond donors (Lipinski definition) is 0. The molecule has 0 bridgehead atoms. The van der Waals surface area contributed by atoms with E-state index in [2.05, 4.69) is 6.92 Å². The maximum absolute atomic E-state index is 10.4. The number of carbonyl (C=O) groups is 2. The van der Waals surface area contributed by atoms with Gasteiger partial charge in [0.2, 0.25) is 0 Å². The van der Waals surface area contributed by atoms with Crippen molar-refractivity contribution in [2.75, 3.05) is 13.1 Å². The van der Waals surface area contributed by atoms with Gasteiger partial charge in [-0.1, -0.05) is 32.3 Å². The van der Waals surface area contributed by atoms with Gasteiger partial charge in [0.05, 0.1) is 25.0 Å². The largest absolute Gasteiger partial charge is 1.00 e. The molecule has 0 N–H and O–H groups in total. The zero-order valence-electron chi connectivity index (χ0n) is 12.2. The van der Waals surface area contributed by atoms with Crippen LogP contribution in [0.4, 0.5) is 0 Å². The Labute approximate surface area is 138 Å². The summed E-state index contributed by atoms with van der Waals surface area (Å²) >= 11 is 0. The van der Waals surface area contributed by atoms with E-state index in [1.165, 1.54) is 12.6 Å². The molecule has 0 heterocycles. The molecule has 0 rings (SSSR count). The topological polar surface area (TPSA) is 83.5 Å². The summed E-state index contributed by atoms with van der Waals surface area (Å²) in [4.78, 5) is 21.9. The fourth-order valence-electron chi connectivity index (χ4n) is 1.41. The quantitative estimate of drug-likeness (QED) is 0.286. The average Bonchev–Trinajstić information content (AvgIpc) is 2.21. The first kappa shape index (κ1) is 23.7. The number of nitrogens with zero attached hydrogens (tertiary/aromatic N) is 1. The van der Waals surface area contributed by atoms with Gasteiger partial charge in [-0.25, -0.2) is 0 Å². The molecule has 19 heavy (non-hydrogen) atoms. The van der Waals surface area contributed by atoms with Gasteiger partial charge in [-0.05, 0) is 19.0 Å². The second kappa shape index (κ2) is 15.7. The number of allylic oxidation sites excluding steroid dienone is 1. The summed E-state index contributed by atoms with van der Waals surface area (Å²) in [5.74, 6) is -2.61. The second-order valence-electron chi connectivity index (χ2n) is 3.88. The number of rotatable bonds is 10. The molecule has 0 aliphatic carbocycles. The van der Waals surface area contributed by atoms with E-state index in [-0.39, 0.29) is 37.7 Å². The first-order valence-corrected chi connectivity index (χ1v) is 5.86. The summed E-state index contributed by atoms with van der Waals surface area (Å²) in [5, 5.41) is 20.7. The van der Waals surface area contributed by atoms with E-state index >= 15 is 0 Å². The third kappa shape index (κ3) is 17.7. The van der Waals surface area contributed by atoms with E-state index < -0.39 is 25.0 Å². The number of carboxylic acids is 2. The molecule has 0 spiro atoms. The van der Waals surface area contributed by atoms with Crippen molar-refractivity contribution in [1.29, 1.82) is 0 Å². The van der Waals surface area contributed by atoms with Crippen molar-refractivity contribution in [3.05, 3.63) is 12.3 Å². The van der Waals surface area contributed by atoms with E-state index in [9.17, 15) is 19.8 Å². The summed E-state index contributed by atoms with van der Waals surface area (Å²) in [6.45, 7) is 1.26. The van der Waals surface area contributed by atoms with Crippen LogP contribution in [0.25, 0.3) is 0 Å². The molecule has 5 nitrogen and oxygen atoms in total. The van der Waals surface area contributed by atoms with Crippen LogP contribution in [-0.2, 0) is 9.59 Å². The zero-order valence-corrected chi connectivity index (χ0v) is 12.2. The number of carboxylic acid groups (broad SMARTS) is 2. The van der Waals surface area contributed by atoms with Crippen LogP contribution < -0.4 is 47.9 Å². The molecule has 0 aromatic carbocycles. The Kier molecular flexibility index (Phi) is 19.7. The molecule has 0 aliphatic heterocycles. The minimum Gasteiger partial charge on any atom is -0.548 e. The summed E-state index contributed by atoms with van der Waals surface area (Å²) < 4.78 is 0. The molecule has 0 fully saturated rings. The molecule has 0 radical (unpaired) electrons. The number of hydrogen-bond acceptors (Lipinski definition) is 5. The number of carbonyl (C=O) groups excluding carboxylic acids is 2. The number of unbranched alkanes of at least 4 members (excludes halogenated alkanes) is 4. The van der Waals surface area contributed by atoms with E-state index in [1.54, 1.807) is 6.08 Å². The van der Waals surface area contributed by atoms with Gasteiger partial charge in [0, 0.05) is 0 Å². The van der Waals surface area contributed by atoms with Gasteiger partial charge >= 0.3 is 37.7 Å². The van der Waals surface area contributed by atoms with Gasteiger partial charge in [0.25, 0.3) is 0 Å². The molecule has 0 saturated heterocycles. The Morgan fingerprint density at radius 2 is 1.53 bits per heavy atom. The van der Waals surface area contributed by atoms with Crippen molar-refractivity contribution in [2.45, 2.75) is 39.0 Å². The van der Waals surface area contributed by atoms with Crippen molar-refractivity contribution in [1.82, 2.24) is 4.90 Å². The SMILES string of the molecule is CCCCCC/C=C/N(CC(=O)[O-])CC(=O)[O-].[Li+].[Li+]. The molecule has 0 saturated carbocycles. The monoisotopic (exact) mass is 255 g/mol. The fourth-order valence-corrected chi connectivity index (χ4v) is 1.41. The molecule has 0 aromatic rings. The summed E-state index contributed by atoms with van der Waals surface area (Å²) in [6.07, 6.45) is 8.56. The van der Waals surface area contributed by atoms with Crippen molar-refractivity contribution in [3.63, 3.8) is 0 Å². The van der Waals surface area contributed by atoms with Crippen LogP contribution in [0, 0.1) is 0 Å². The van der Waals surface area contributed by atoms with Crippen molar-refractivity contribution in [2.24, 2.45) is 0 Å². The molecule has 98 valence electrons. The van der Waals surface area contributed by atoms with Gasteiger partial charge in [0.1, 0.15) is 0 Å². The third-order valence-electron chi connectivity index (χ3n) is 2.20. The first-order valence-electron chi connectivity index (χ1n) is 5.86. The predicted octanol–water partition coefficient (Wildman–Crippen LogP) is -6.72. The minimum absolute atomic E-state index is 0. The van der Waals surface area contributed by atoms with Crippen LogP contribution in [0.3, 0.4) is 0 Å². The molecule has 0 unspecified atom stereocenters. The minimum atomic E-state index is -1.30. The standard InChI is InChI=1S/C12H21NO4.2Li/c1-2-3-4-5-6-7-8-13(9-11(14)15)10-12(16)17;;/h7-8H,2-6,9-10H2,1H3,(H,14,15)(H,16,17);;/q;2*+1/p-2/b8-7+;;. The van der Waals surface area contributed by atoms with Crippen molar-refractivity contribution >= 4 is 11.9 Å². The van der Waals surface area contributed by atoms with Crippen LogP contribution in [0.5, 0.6) is 0 Å². The van der Waals surface area contributed by atoms with Gasteiger partial charge in [-0.2, -0.15) is 0 Å². The predicted molar refractivity (Wildman–Crippen MR) is 59.5 cm³/mol. The molecule has 0 aromatic heterocycles. The first-order chi connectivity index (χ1) is 8.06. The second-order valence-corrected chi connectivity index (χ2v) is 3.88. The summed E-state index contributed by atoms with van der Waals surface area (Å²) in [7, 11) is 0. The third-order valence-corrected chi connectivity index (χ3v) is 2.20. The number of aliphatic carboxylic acids is 2. The van der Waals surface area contributed by atoms with Gasteiger partial charge in [0.15, 0.2) is 0 Å². The Morgan fingerprint density at radius 3 is 1.95 bits per heavy atom. The van der Waals surface area contributed by atoms with Crippen LogP contribution in [0.2, 0.25) is 0 Å². The van der Waals surface area contributed by atoms with Crippen LogP contribution >= 0.6 is 0 Å². The molecule has 7 heteroatoms. The van der Waals surface area contributed by atoms with Crippen molar-refractivity contribution < 1.29 is 57.5 Å². The maximum atomic E-state index is 10.4. The van der Waals surface area contributed by atoms with E-state index in [0.717, 1.165) is 30.6 Å². The molecule has 0 amide bonds. The molecule has 0 atom stereocenters. The Bertz CT molecular complexity index is 256. The van der Waals surface area contributed by atoms with E-state index in [0.29, 0.717) is 0 Å². The van der Waals surface area contributed by atoms with Crippen molar-refractivity contribution in [3.8, 4) is 0 Å². The molecular formula is C12H19Li2NO4. The van der Waals surface area contributed by atoms with Crippen LogP contribution in [0.15, 0.2) is 12.3 Å². The summed E-state index contributed by atoms with van der Waals surface area (Å²) in [6, 6.07) is 0. The van der Waals surface area contributed by atoms with Crippen LogP contribution in [-0.4, -0.2) is 29.9 Å². The molecular weight excluding hydrogens is 236 g/mol. The maximum Gasteiger partial charge on any atom is 1.00 e. The Hall–Kier alpha value is -0.325. The van der Waals surface area contributed by atoms with Gasteiger partial charge in [-0.3, -0.25) is 0 Å². The fraction of sp³-hybridized carbons (Fsp3) is 0.667. The van der Waals surface area contributed by atoms with Gasteiger partial charge in [-0.15, -0.1) is 0 Å². The van der Waals surface area contributed by atoms with E-state index in [1.807, 2.05) is 0 Å². The Morgan fingerprint density at radius 1 is 1.00 bits per heavy atom. The zero-order chi connectivity index (χ0) is 13.1.